The Bertz CT molecular complexity index is 1470. The first-order chi connectivity index (χ1) is 22.7. The number of nitrogens with one attached hydrogen (secondary N) is 1. The highest BCUT2D eigenvalue weighted by Crippen LogP contribution is 2.59. The van der Waals surface area contributed by atoms with Gasteiger partial charge in [-0.15, -0.1) is 0 Å². The number of carbonyl (C=O) groups excluding carboxylic acids is 1. The second-order valence-corrected chi connectivity index (χ2v) is 13.0. The Kier molecular flexibility index (Phi) is 16.5. The molecule has 47 heavy (non-hydrogen) atoms. The molecule has 3 rings (SSSR count). The van der Waals surface area contributed by atoms with Crippen LogP contribution >= 0.6 is 7.82 Å². The predicted molar refractivity (Wildman–Crippen MR) is 181 cm³/mol. The van der Waals surface area contributed by atoms with E-state index in [1.54, 1.807) is 0 Å². The second-order valence-electron chi connectivity index (χ2n) is 11.4. The Labute approximate surface area is 276 Å². The lowest BCUT2D eigenvalue weighted by atomic mass is 9.98. The molecule has 0 saturated carbocycles. The minimum absolute atomic E-state index is 0.0478. The van der Waals surface area contributed by atoms with Crippen molar-refractivity contribution in [2.24, 2.45) is 0 Å². The van der Waals surface area contributed by atoms with E-state index in [4.69, 9.17) is 18.3 Å². The number of fused-ring (bicyclic) bond motifs is 1. The molecule has 2 fully saturated rings. The number of carbonyl (C=O) groups is 1. The lowest BCUT2D eigenvalue weighted by Crippen LogP contribution is -2.46. The number of nitrogens with zero attached hydrogens (tertiary/aromatic N) is 1. The Balaban J connectivity index is 1.24. The van der Waals surface area contributed by atoms with Crippen molar-refractivity contribution in [1.82, 2.24) is 9.55 Å². The molecular weight excluding hydrogens is 626 g/mol. The van der Waals surface area contributed by atoms with Crippen LogP contribution in [-0.2, 0) is 27.7 Å². The number of aromatic nitrogens is 2. The summed E-state index contributed by atoms with van der Waals surface area (Å²) in [5.41, 5.74) is -3.77. The van der Waals surface area contributed by atoms with E-state index >= 15 is 4.39 Å². The Morgan fingerprint density at radius 3 is 2.13 bits per heavy atom. The van der Waals surface area contributed by atoms with Crippen molar-refractivity contribution in [3.05, 3.63) is 106 Å². The number of ketones is 1. The van der Waals surface area contributed by atoms with Crippen molar-refractivity contribution >= 4 is 13.6 Å². The molecule has 258 valence electrons. The summed E-state index contributed by atoms with van der Waals surface area (Å²) in [6.07, 6.45) is 30.2. The van der Waals surface area contributed by atoms with Gasteiger partial charge in [0, 0.05) is 25.1 Å². The first kappa shape index (κ1) is 38.2. The Morgan fingerprint density at radius 1 is 0.979 bits per heavy atom. The summed E-state index contributed by atoms with van der Waals surface area (Å²) in [4.78, 5) is 37.8. The van der Waals surface area contributed by atoms with E-state index in [1.807, 2.05) is 12.2 Å². The minimum atomic E-state index is -4.12. The van der Waals surface area contributed by atoms with Crippen molar-refractivity contribution in [2.75, 3.05) is 13.2 Å². The summed E-state index contributed by atoms with van der Waals surface area (Å²) in [5, 5.41) is 0. The van der Waals surface area contributed by atoms with Crippen LogP contribution in [0.3, 0.4) is 0 Å². The van der Waals surface area contributed by atoms with E-state index in [1.165, 1.54) is 0 Å². The lowest BCUT2D eigenvalue weighted by molar-refractivity contribution is -0.119. The molecule has 0 radical (unpaired) electrons. The first-order valence-corrected chi connectivity index (χ1v) is 17.8. The molecule has 10 nitrogen and oxygen atoms in total. The standard InChI is InChI=1S/C35H48FN2O8P/c1-3-4-5-6-7-8-9-10-11-12-13-14-15-16-17-18-19-20-21-23-29(39)24-22-27-43-47(42)44-28-30-32(46-47)35(2,36)33(45-30)38-26-25-31(40)37-34(38)41/h4-5,7-8,10-11,13-14,16-17,19-20,25-26,30,32-33H,3,6,9,12,15,18,21-24,27-28H2,1-2H3,(H,37,40,41)/b5-4-,8-7-,11-10-,14-13-,17-16-,20-19-/t30-,32-,33-,35-,47?/m1/s1. The number of phosphoric ester groups is 1. The number of hydrogen-bond donors (Lipinski definition) is 1. The van der Waals surface area contributed by atoms with Crippen LogP contribution in [0.5, 0.6) is 0 Å². The highest BCUT2D eigenvalue weighted by Gasteiger charge is 2.61. The summed E-state index contributed by atoms with van der Waals surface area (Å²) in [5.74, 6) is 0.0478. The highest BCUT2D eigenvalue weighted by atomic mass is 31.2. The molecule has 3 heterocycles. The smallest absolute Gasteiger partial charge is 0.346 e. The molecule has 1 unspecified atom stereocenters. The maximum absolute atomic E-state index is 15.8. The Hall–Kier alpha value is -3.21. The van der Waals surface area contributed by atoms with Gasteiger partial charge in [0.1, 0.15) is 18.0 Å². The van der Waals surface area contributed by atoms with Gasteiger partial charge in [0.25, 0.3) is 5.56 Å². The number of alkyl halides is 1. The molecule has 0 aromatic carbocycles. The molecule has 0 amide bonds. The van der Waals surface area contributed by atoms with E-state index in [0.717, 1.165) is 62.3 Å². The van der Waals surface area contributed by atoms with Gasteiger partial charge in [0.2, 0.25) is 0 Å². The fourth-order valence-electron chi connectivity index (χ4n) is 4.98. The van der Waals surface area contributed by atoms with Crippen molar-refractivity contribution < 1.29 is 32.1 Å². The summed E-state index contributed by atoms with van der Waals surface area (Å²) in [6, 6.07) is 1.07. The number of H-pyrrole nitrogens is 1. The van der Waals surface area contributed by atoms with Gasteiger partial charge < -0.3 is 4.74 Å². The van der Waals surface area contributed by atoms with Crippen LogP contribution in [0, 0.1) is 0 Å². The summed E-state index contributed by atoms with van der Waals surface area (Å²) in [7, 11) is -4.12. The normalized spacial score (nSPS) is 26.7. The van der Waals surface area contributed by atoms with Gasteiger partial charge in [-0.1, -0.05) is 79.8 Å². The molecular formula is C35H48FN2O8P. The number of phosphoric acid groups is 1. The SMILES string of the molecule is CC/C=C\C/C=C\C/C=C\C/C=C\C/C=C\C/C=C\CCC(=O)CCCOP1(=O)OC[C@H]2O[C@@H](n3ccc(=O)[nH]c3=O)[C@](C)(F)[C@@H]2O1. The van der Waals surface area contributed by atoms with E-state index in [-0.39, 0.29) is 25.4 Å². The van der Waals surface area contributed by atoms with Crippen molar-refractivity contribution in [1.29, 1.82) is 0 Å². The van der Waals surface area contributed by atoms with E-state index in [0.29, 0.717) is 19.3 Å². The maximum Gasteiger partial charge on any atom is 0.475 e. The first-order valence-electron chi connectivity index (χ1n) is 16.3. The zero-order valence-corrected chi connectivity index (χ0v) is 28.2. The van der Waals surface area contributed by atoms with Crippen LogP contribution in [0.2, 0.25) is 0 Å². The number of ether oxygens (including phenoxy) is 1. The van der Waals surface area contributed by atoms with E-state index in [2.05, 4.69) is 72.7 Å². The van der Waals surface area contributed by atoms with Crippen LogP contribution in [0.15, 0.2) is 94.8 Å². The molecule has 2 aliphatic heterocycles. The van der Waals surface area contributed by atoms with Crippen LogP contribution in [0.1, 0.15) is 84.3 Å². The zero-order valence-electron chi connectivity index (χ0n) is 27.3. The largest absolute Gasteiger partial charge is 0.475 e. The van der Waals surface area contributed by atoms with Crippen molar-refractivity contribution in [3.63, 3.8) is 0 Å². The Morgan fingerprint density at radius 2 is 1.55 bits per heavy atom. The molecule has 1 aromatic rings. The van der Waals surface area contributed by atoms with Crippen LogP contribution in [-0.4, -0.2) is 46.4 Å². The fourth-order valence-corrected chi connectivity index (χ4v) is 6.48. The molecule has 5 atom stereocenters. The van der Waals surface area contributed by atoms with Gasteiger partial charge in [0.05, 0.1) is 13.2 Å². The number of hydrogen-bond acceptors (Lipinski definition) is 8. The average Bonchev–Trinajstić information content (AvgIpc) is 3.29. The zero-order chi connectivity index (χ0) is 34.0. The van der Waals surface area contributed by atoms with Gasteiger partial charge in [-0.2, -0.15) is 0 Å². The third-order valence-corrected chi connectivity index (χ3v) is 8.91. The molecule has 2 saturated heterocycles. The maximum atomic E-state index is 15.8. The average molecular weight is 675 g/mol. The second kappa shape index (κ2) is 20.2. The number of rotatable bonds is 20. The number of Topliss-reactive ketones (excluding diaryl/α,β-unsaturated/α-hetero) is 1. The minimum Gasteiger partial charge on any atom is -0.346 e. The monoisotopic (exact) mass is 674 g/mol. The summed E-state index contributed by atoms with van der Waals surface area (Å²) < 4.78 is 51.3. The number of halogens is 1. The van der Waals surface area contributed by atoms with Gasteiger partial charge in [-0.3, -0.25) is 32.7 Å². The van der Waals surface area contributed by atoms with Gasteiger partial charge >= 0.3 is 13.5 Å². The van der Waals surface area contributed by atoms with Crippen LogP contribution in [0.25, 0.3) is 0 Å². The van der Waals surface area contributed by atoms with Gasteiger partial charge in [-0.05, 0) is 58.3 Å². The topological polar surface area (TPSA) is 126 Å². The molecule has 1 N–H and O–H groups in total. The molecule has 2 aliphatic rings. The third kappa shape index (κ3) is 13.1. The van der Waals surface area contributed by atoms with E-state index < -0.39 is 43.2 Å². The van der Waals surface area contributed by atoms with Crippen molar-refractivity contribution in [2.45, 2.75) is 102 Å². The highest BCUT2D eigenvalue weighted by molar-refractivity contribution is 7.48. The molecule has 0 bridgehead atoms. The molecule has 0 spiro atoms. The predicted octanol–water partition coefficient (Wildman–Crippen LogP) is 7.53. The quantitative estimate of drug-likeness (QED) is 0.0855. The molecule has 1 aromatic heterocycles. The van der Waals surface area contributed by atoms with Crippen LogP contribution in [0.4, 0.5) is 4.39 Å². The number of aromatic amines is 1. The molecule has 12 heteroatoms. The van der Waals surface area contributed by atoms with Crippen molar-refractivity contribution in [3.8, 4) is 0 Å². The molecule has 0 aliphatic carbocycles. The fraction of sp³-hybridized carbons (Fsp3) is 0.514. The number of allylic oxidation sites excluding steroid dienone is 12. The summed E-state index contributed by atoms with van der Waals surface area (Å²) >= 11 is 0. The third-order valence-electron chi connectivity index (χ3n) is 7.46. The van der Waals surface area contributed by atoms with Gasteiger partial charge in [-0.25, -0.2) is 13.8 Å². The van der Waals surface area contributed by atoms with E-state index in [9.17, 15) is 18.9 Å². The van der Waals surface area contributed by atoms with Crippen LogP contribution < -0.4 is 11.2 Å². The lowest BCUT2D eigenvalue weighted by Gasteiger charge is -2.33. The van der Waals surface area contributed by atoms with Gasteiger partial charge in [0.15, 0.2) is 11.9 Å². The summed E-state index contributed by atoms with van der Waals surface area (Å²) in [6.45, 7) is 2.94.